The molecule has 6 heteroatoms. The van der Waals surface area contributed by atoms with E-state index in [9.17, 15) is 18.0 Å². The van der Waals surface area contributed by atoms with Gasteiger partial charge in [-0.05, 0) is 106 Å². The van der Waals surface area contributed by atoms with E-state index in [0.717, 1.165) is 43.7 Å². The van der Waals surface area contributed by atoms with Crippen LogP contribution in [-0.2, 0) is 15.7 Å². The predicted octanol–water partition coefficient (Wildman–Crippen LogP) is 9.15. The Labute approximate surface area is 234 Å². The molecule has 4 rings (SSSR count). The molecule has 0 heterocycles. The third kappa shape index (κ3) is 8.47. The SMILES string of the molecule is CCOC(=O)CC1CCCC(N(CCC2CCCC2)C2CCC(C)(C)CC2)C(c2ccc(C(F)(F)F)cc2)C1. The minimum atomic E-state index is -4.34. The summed E-state index contributed by atoms with van der Waals surface area (Å²) in [7, 11) is 0. The highest BCUT2D eigenvalue weighted by molar-refractivity contribution is 5.69. The molecule has 0 bridgehead atoms. The molecule has 0 saturated heterocycles. The summed E-state index contributed by atoms with van der Waals surface area (Å²) in [4.78, 5) is 15.2. The van der Waals surface area contributed by atoms with Crippen molar-refractivity contribution in [2.45, 2.75) is 135 Å². The van der Waals surface area contributed by atoms with Gasteiger partial charge in [-0.2, -0.15) is 13.2 Å². The molecule has 0 radical (unpaired) electrons. The molecule has 0 spiro atoms. The number of benzene rings is 1. The Morgan fingerprint density at radius 2 is 1.59 bits per heavy atom. The number of carbonyl (C=O) groups excluding carboxylic acids is 1. The third-order valence-electron chi connectivity index (χ3n) is 10.1. The standard InChI is InChI=1S/C33H50F3NO2/c1-4-39-31(38)23-25-10-7-11-30(29(22-25)26-12-14-27(15-13-26)33(34,35)36)37(21-18-24-8-5-6-9-24)28-16-19-32(2,3)20-17-28/h12-15,24-25,28-30H,4-11,16-23H2,1-3H3. The topological polar surface area (TPSA) is 29.5 Å². The maximum atomic E-state index is 13.4. The van der Waals surface area contributed by atoms with Gasteiger partial charge in [-0.3, -0.25) is 9.69 Å². The third-order valence-corrected chi connectivity index (χ3v) is 10.1. The van der Waals surface area contributed by atoms with Crippen LogP contribution in [0.1, 0.15) is 128 Å². The number of rotatable bonds is 9. The van der Waals surface area contributed by atoms with Gasteiger partial charge in [0.2, 0.25) is 0 Å². The highest BCUT2D eigenvalue weighted by atomic mass is 19.4. The lowest BCUT2D eigenvalue weighted by atomic mass is 9.74. The first-order valence-corrected chi connectivity index (χ1v) is 15.6. The molecule has 3 fully saturated rings. The minimum Gasteiger partial charge on any atom is -0.466 e. The van der Waals surface area contributed by atoms with Crippen LogP contribution in [0, 0.1) is 17.3 Å². The molecule has 3 unspecified atom stereocenters. The lowest BCUT2D eigenvalue weighted by Crippen LogP contribution is -2.49. The molecule has 0 N–H and O–H groups in total. The van der Waals surface area contributed by atoms with Crippen LogP contribution in [0.2, 0.25) is 0 Å². The molecule has 1 aromatic carbocycles. The second-order valence-corrected chi connectivity index (χ2v) is 13.4. The van der Waals surface area contributed by atoms with Crippen LogP contribution in [0.5, 0.6) is 0 Å². The average molecular weight is 550 g/mol. The van der Waals surface area contributed by atoms with Crippen molar-refractivity contribution in [3.05, 3.63) is 35.4 Å². The molecule has 0 aliphatic heterocycles. The Morgan fingerprint density at radius 3 is 2.21 bits per heavy atom. The van der Waals surface area contributed by atoms with Gasteiger partial charge in [-0.1, -0.05) is 58.1 Å². The van der Waals surface area contributed by atoms with Crippen LogP contribution in [0.25, 0.3) is 0 Å². The monoisotopic (exact) mass is 549 g/mol. The van der Waals surface area contributed by atoms with E-state index in [4.69, 9.17) is 4.74 Å². The Kier molecular flexibility index (Phi) is 10.4. The Bertz CT molecular complexity index is 897. The van der Waals surface area contributed by atoms with Crippen LogP contribution >= 0.6 is 0 Å². The molecular formula is C33H50F3NO2. The summed E-state index contributed by atoms with van der Waals surface area (Å²) >= 11 is 0. The quantitative estimate of drug-likeness (QED) is 0.227. The van der Waals surface area contributed by atoms with Crippen molar-refractivity contribution in [2.75, 3.05) is 13.2 Å². The van der Waals surface area contributed by atoms with Crippen LogP contribution in [0.3, 0.4) is 0 Å². The zero-order valence-electron chi connectivity index (χ0n) is 24.4. The summed E-state index contributed by atoms with van der Waals surface area (Å²) in [6, 6.07) is 6.76. The predicted molar refractivity (Wildman–Crippen MR) is 150 cm³/mol. The first kappa shape index (κ1) is 30.4. The lowest BCUT2D eigenvalue weighted by Gasteiger charge is -2.46. The molecule has 3 aliphatic carbocycles. The van der Waals surface area contributed by atoms with Crippen molar-refractivity contribution in [3.63, 3.8) is 0 Å². The molecule has 0 aromatic heterocycles. The fourth-order valence-electron chi connectivity index (χ4n) is 7.73. The van der Waals surface area contributed by atoms with E-state index in [1.807, 2.05) is 6.92 Å². The van der Waals surface area contributed by atoms with E-state index in [1.165, 1.54) is 69.9 Å². The Morgan fingerprint density at radius 1 is 0.949 bits per heavy atom. The first-order chi connectivity index (χ1) is 18.6. The second kappa shape index (κ2) is 13.4. The maximum Gasteiger partial charge on any atom is 0.416 e. The summed E-state index contributed by atoms with van der Waals surface area (Å²) < 4.78 is 45.5. The fraction of sp³-hybridized carbons (Fsp3) is 0.788. The van der Waals surface area contributed by atoms with Crippen LogP contribution in [0.15, 0.2) is 24.3 Å². The number of alkyl halides is 3. The van der Waals surface area contributed by atoms with Crippen LogP contribution in [-0.4, -0.2) is 36.1 Å². The normalized spacial score (nSPS) is 27.0. The Balaban J connectivity index is 1.62. The van der Waals surface area contributed by atoms with E-state index in [0.29, 0.717) is 30.5 Å². The molecule has 3 saturated carbocycles. The van der Waals surface area contributed by atoms with Crippen LogP contribution in [0.4, 0.5) is 13.2 Å². The van der Waals surface area contributed by atoms with Crippen molar-refractivity contribution in [1.82, 2.24) is 4.90 Å². The second-order valence-electron chi connectivity index (χ2n) is 13.4. The molecule has 1 aromatic rings. The number of hydrogen-bond acceptors (Lipinski definition) is 3. The highest BCUT2D eigenvalue weighted by Crippen LogP contribution is 2.44. The van der Waals surface area contributed by atoms with Crippen molar-refractivity contribution in [2.24, 2.45) is 17.3 Å². The zero-order chi connectivity index (χ0) is 28.0. The molecule has 3 aliphatic rings. The van der Waals surface area contributed by atoms with Crippen molar-refractivity contribution in [1.29, 1.82) is 0 Å². The van der Waals surface area contributed by atoms with E-state index in [1.54, 1.807) is 12.1 Å². The summed E-state index contributed by atoms with van der Waals surface area (Å²) in [5.74, 6) is 0.968. The number of esters is 1. The van der Waals surface area contributed by atoms with Gasteiger partial charge in [-0.25, -0.2) is 0 Å². The van der Waals surface area contributed by atoms with Crippen molar-refractivity contribution < 1.29 is 22.7 Å². The van der Waals surface area contributed by atoms with Crippen molar-refractivity contribution in [3.8, 4) is 0 Å². The van der Waals surface area contributed by atoms with Gasteiger partial charge in [0.05, 0.1) is 12.2 Å². The molecule has 3 nitrogen and oxygen atoms in total. The van der Waals surface area contributed by atoms with Gasteiger partial charge in [0.15, 0.2) is 0 Å². The lowest BCUT2D eigenvalue weighted by molar-refractivity contribution is -0.144. The Hall–Kier alpha value is -1.56. The van der Waals surface area contributed by atoms with E-state index < -0.39 is 11.7 Å². The number of ether oxygens (including phenoxy) is 1. The first-order valence-electron chi connectivity index (χ1n) is 15.6. The van der Waals surface area contributed by atoms with E-state index >= 15 is 0 Å². The minimum absolute atomic E-state index is 0.118. The molecular weight excluding hydrogens is 499 g/mol. The summed E-state index contributed by atoms with van der Waals surface area (Å²) in [5, 5.41) is 0. The van der Waals surface area contributed by atoms with Gasteiger partial charge in [0.25, 0.3) is 0 Å². The smallest absolute Gasteiger partial charge is 0.416 e. The summed E-state index contributed by atoms with van der Waals surface area (Å²) in [6.45, 7) is 8.05. The van der Waals surface area contributed by atoms with Gasteiger partial charge in [-0.15, -0.1) is 0 Å². The number of hydrogen-bond donors (Lipinski definition) is 0. The maximum absolute atomic E-state index is 13.4. The molecule has 220 valence electrons. The van der Waals surface area contributed by atoms with Gasteiger partial charge in [0, 0.05) is 18.5 Å². The highest BCUT2D eigenvalue weighted by Gasteiger charge is 2.39. The van der Waals surface area contributed by atoms with E-state index in [2.05, 4.69) is 18.7 Å². The largest absolute Gasteiger partial charge is 0.466 e. The summed E-state index contributed by atoms with van der Waals surface area (Å²) in [6.07, 6.45) is 11.4. The number of nitrogens with zero attached hydrogens (tertiary/aromatic N) is 1. The molecule has 39 heavy (non-hydrogen) atoms. The van der Waals surface area contributed by atoms with E-state index in [-0.39, 0.29) is 17.8 Å². The van der Waals surface area contributed by atoms with Gasteiger partial charge >= 0.3 is 12.1 Å². The zero-order valence-corrected chi connectivity index (χ0v) is 24.4. The van der Waals surface area contributed by atoms with Crippen molar-refractivity contribution >= 4 is 5.97 Å². The molecule has 3 atom stereocenters. The average Bonchev–Trinajstić information content (AvgIpc) is 3.32. The number of carbonyl (C=O) groups is 1. The molecule has 0 amide bonds. The van der Waals surface area contributed by atoms with Gasteiger partial charge < -0.3 is 4.74 Å². The fourth-order valence-corrected chi connectivity index (χ4v) is 7.73. The number of halogens is 3. The summed E-state index contributed by atoms with van der Waals surface area (Å²) in [5.41, 5.74) is 0.784. The van der Waals surface area contributed by atoms with Gasteiger partial charge in [0.1, 0.15) is 0 Å². The van der Waals surface area contributed by atoms with Crippen LogP contribution < -0.4 is 0 Å².